The van der Waals surface area contributed by atoms with E-state index in [1.807, 2.05) is 20.9 Å². The minimum absolute atomic E-state index is 0.133. The van der Waals surface area contributed by atoms with Crippen LogP contribution in [0.1, 0.15) is 79.4 Å². The van der Waals surface area contributed by atoms with Crippen LogP contribution in [0.15, 0.2) is 39.6 Å². The highest BCUT2D eigenvalue weighted by atomic mass is 16.8. The number of aliphatic hydroxyl groups excluding tert-OH is 1. The highest BCUT2D eigenvalue weighted by Gasteiger charge is 2.29. The van der Waals surface area contributed by atoms with Crippen molar-refractivity contribution in [2.45, 2.75) is 90.7 Å². The van der Waals surface area contributed by atoms with Crippen molar-refractivity contribution < 1.29 is 56.7 Å². The second-order valence-electron chi connectivity index (χ2n) is 13.4. The van der Waals surface area contributed by atoms with Crippen molar-refractivity contribution in [2.75, 3.05) is 33.2 Å². The second kappa shape index (κ2) is 16.3. The molecule has 16 nitrogen and oxygen atoms in total. The van der Waals surface area contributed by atoms with Gasteiger partial charge in [-0.1, -0.05) is 20.8 Å². The summed E-state index contributed by atoms with van der Waals surface area (Å²) in [5, 5.41) is 10.4. The average Bonchev–Trinajstić information content (AvgIpc) is 3.89. The lowest BCUT2D eigenvalue weighted by atomic mass is 10.1. The SMILES string of the molecule is CCC(OC(=O)OC1CCN(Cc2coc3cc(C(=O)OC(OC(O)OC4CCN(C)CC4)C(C)C)[nH]c23)CC1)OC(=O)c1cc2occc2[nH]1. The lowest BCUT2D eigenvalue weighted by molar-refractivity contribution is -0.336. The Balaban J connectivity index is 0.945. The molecule has 3 unspecified atom stereocenters. The minimum Gasteiger partial charge on any atom is -0.463 e. The van der Waals surface area contributed by atoms with Gasteiger partial charge in [0.15, 0.2) is 11.2 Å². The van der Waals surface area contributed by atoms with Crippen LogP contribution in [0.5, 0.6) is 0 Å². The van der Waals surface area contributed by atoms with Crippen LogP contribution in [0.4, 0.5) is 4.79 Å². The number of aliphatic hydroxyl groups is 1. The number of carbonyl (C=O) groups excluding carboxylic acids is 3. The lowest BCUT2D eigenvalue weighted by Gasteiger charge is -2.31. The molecule has 0 aromatic carbocycles. The molecule has 6 heterocycles. The zero-order valence-electron chi connectivity index (χ0n) is 29.3. The highest BCUT2D eigenvalue weighted by Crippen LogP contribution is 2.27. The maximum Gasteiger partial charge on any atom is 0.511 e. The molecular weight excluding hydrogens is 668 g/mol. The summed E-state index contributed by atoms with van der Waals surface area (Å²) < 4.78 is 44.0. The van der Waals surface area contributed by atoms with Crippen LogP contribution in [0.3, 0.4) is 0 Å². The van der Waals surface area contributed by atoms with Gasteiger partial charge in [-0.05, 0) is 32.7 Å². The fourth-order valence-electron chi connectivity index (χ4n) is 6.14. The maximum atomic E-state index is 13.1. The van der Waals surface area contributed by atoms with E-state index in [1.165, 1.54) is 12.3 Å². The number of piperidine rings is 2. The summed E-state index contributed by atoms with van der Waals surface area (Å²) in [5.74, 6) is -1.57. The molecule has 0 amide bonds. The van der Waals surface area contributed by atoms with Gasteiger partial charge in [-0.25, -0.2) is 14.4 Å². The number of ether oxygens (including phenoxy) is 6. The molecule has 3 N–H and O–H groups in total. The first-order valence-corrected chi connectivity index (χ1v) is 17.4. The number of likely N-dealkylation sites (tertiary alicyclic amines) is 2. The van der Waals surface area contributed by atoms with Gasteiger partial charge in [0.1, 0.15) is 17.5 Å². The van der Waals surface area contributed by atoms with E-state index in [1.54, 1.807) is 25.3 Å². The molecule has 51 heavy (non-hydrogen) atoms. The molecule has 278 valence electrons. The summed E-state index contributed by atoms with van der Waals surface area (Å²) in [4.78, 5) is 48.5. The molecular formula is C35H46N4O12. The topological polar surface area (TPSA) is 191 Å². The van der Waals surface area contributed by atoms with E-state index in [0.717, 1.165) is 31.5 Å². The number of carbonyl (C=O) groups is 3. The first-order chi connectivity index (χ1) is 24.5. The number of furan rings is 2. The molecule has 0 spiro atoms. The van der Waals surface area contributed by atoms with E-state index in [9.17, 15) is 19.5 Å². The van der Waals surface area contributed by atoms with E-state index in [2.05, 4.69) is 19.8 Å². The Bertz CT molecular complexity index is 1730. The van der Waals surface area contributed by atoms with E-state index in [0.29, 0.717) is 54.7 Å². The van der Waals surface area contributed by atoms with Gasteiger partial charge < -0.3 is 52.5 Å². The van der Waals surface area contributed by atoms with Gasteiger partial charge in [0.25, 0.3) is 12.8 Å². The van der Waals surface area contributed by atoms with Crippen LogP contribution in [0, 0.1) is 5.92 Å². The Morgan fingerprint density at radius 2 is 1.61 bits per heavy atom. The van der Waals surface area contributed by atoms with Crippen LogP contribution in [-0.4, -0.2) is 107 Å². The quantitative estimate of drug-likeness (QED) is 0.0889. The van der Waals surface area contributed by atoms with E-state index in [-0.39, 0.29) is 35.9 Å². The number of fused-ring (bicyclic) bond motifs is 2. The van der Waals surface area contributed by atoms with Crippen LogP contribution < -0.4 is 0 Å². The molecule has 0 radical (unpaired) electrons. The fourth-order valence-corrected chi connectivity index (χ4v) is 6.14. The van der Waals surface area contributed by atoms with Gasteiger partial charge in [-0.2, -0.15) is 0 Å². The largest absolute Gasteiger partial charge is 0.511 e. The van der Waals surface area contributed by atoms with Crippen LogP contribution >= 0.6 is 0 Å². The van der Waals surface area contributed by atoms with E-state index in [4.69, 9.17) is 37.3 Å². The van der Waals surface area contributed by atoms with Crippen molar-refractivity contribution in [2.24, 2.45) is 5.92 Å². The molecule has 6 rings (SSSR count). The first kappa shape index (κ1) is 36.4. The van der Waals surface area contributed by atoms with Crippen LogP contribution in [-0.2, 0) is 35.0 Å². The standard InChI is InChI=1S/C35H46N4O12/c1-5-29(48-31(40)25-16-27-24(36-25)10-15-44-27)49-34(42)46-23-8-13-39(14-9-23)18-21-19-45-28-17-26(37-30(21)28)32(41)50-33(20(2)3)51-35(43)47-22-6-11-38(4)12-7-22/h10,15-17,19-20,22-23,29,33,35-37,43H,5-9,11-14,18H2,1-4H3. The minimum atomic E-state index is -1.52. The summed E-state index contributed by atoms with van der Waals surface area (Å²) in [6, 6.07) is 4.79. The number of H-pyrrole nitrogens is 2. The number of esters is 2. The first-order valence-electron chi connectivity index (χ1n) is 17.4. The number of aromatic amines is 2. The van der Waals surface area contributed by atoms with Gasteiger partial charge in [-0.15, -0.1) is 0 Å². The van der Waals surface area contributed by atoms with Gasteiger partial charge in [0, 0.05) is 68.8 Å². The molecule has 4 aromatic rings. The molecule has 3 atom stereocenters. The Hall–Kier alpha value is -4.35. The van der Waals surface area contributed by atoms with E-state index < -0.39 is 37.2 Å². The summed E-state index contributed by atoms with van der Waals surface area (Å²) in [7, 11) is 2.04. The molecule has 4 aromatic heterocycles. The smallest absolute Gasteiger partial charge is 0.463 e. The van der Waals surface area contributed by atoms with Crippen LogP contribution in [0.25, 0.3) is 22.2 Å². The Labute approximate surface area is 294 Å². The molecule has 2 saturated heterocycles. The third kappa shape index (κ3) is 9.31. The van der Waals surface area contributed by atoms with Gasteiger partial charge in [0.05, 0.1) is 29.7 Å². The van der Waals surface area contributed by atoms with Crippen molar-refractivity contribution in [1.82, 2.24) is 19.8 Å². The summed E-state index contributed by atoms with van der Waals surface area (Å²) in [6.07, 6.45) is 2.55. The van der Waals surface area contributed by atoms with Gasteiger partial charge in [0.2, 0.25) is 6.29 Å². The predicted molar refractivity (Wildman–Crippen MR) is 179 cm³/mol. The number of hydrogen-bond donors (Lipinski definition) is 3. The third-order valence-corrected chi connectivity index (χ3v) is 9.09. The fraction of sp³-hybridized carbons (Fsp3) is 0.571. The summed E-state index contributed by atoms with van der Waals surface area (Å²) >= 11 is 0. The van der Waals surface area contributed by atoms with Crippen molar-refractivity contribution in [3.63, 3.8) is 0 Å². The van der Waals surface area contributed by atoms with Crippen molar-refractivity contribution in [1.29, 1.82) is 0 Å². The number of nitrogens with one attached hydrogen (secondary N) is 2. The number of rotatable bonds is 14. The van der Waals surface area contributed by atoms with Crippen molar-refractivity contribution in [3.05, 3.63) is 47.7 Å². The monoisotopic (exact) mass is 714 g/mol. The molecule has 0 bridgehead atoms. The zero-order chi connectivity index (χ0) is 36.1. The van der Waals surface area contributed by atoms with Crippen molar-refractivity contribution >= 4 is 40.3 Å². The maximum absolute atomic E-state index is 13.1. The average molecular weight is 715 g/mol. The van der Waals surface area contributed by atoms with Crippen molar-refractivity contribution in [3.8, 4) is 0 Å². The van der Waals surface area contributed by atoms with Crippen LogP contribution in [0.2, 0.25) is 0 Å². The Kier molecular flexibility index (Phi) is 11.7. The normalized spacial score (nSPS) is 18.6. The number of nitrogens with zero attached hydrogens (tertiary/aromatic N) is 2. The molecule has 16 heteroatoms. The molecule has 2 fully saturated rings. The lowest BCUT2D eigenvalue weighted by Crippen LogP contribution is -2.39. The van der Waals surface area contributed by atoms with Gasteiger partial charge >= 0.3 is 18.1 Å². The van der Waals surface area contributed by atoms with E-state index >= 15 is 0 Å². The molecule has 2 aliphatic heterocycles. The highest BCUT2D eigenvalue weighted by molar-refractivity contribution is 5.94. The Morgan fingerprint density at radius 1 is 0.922 bits per heavy atom. The summed E-state index contributed by atoms with van der Waals surface area (Å²) in [5.41, 5.74) is 3.58. The summed E-state index contributed by atoms with van der Waals surface area (Å²) in [6.45, 7) is 7.38. The zero-order valence-corrected chi connectivity index (χ0v) is 29.3. The second-order valence-corrected chi connectivity index (χ2v) is 13.4. The van der Waals surface area contributed by atoms with Gasteiger partial charge in [-0.3, -0.25) is 9.64 Å². The molecule has 0 saturated carbocycles. The number of aromatic nitrogens is 2. The molecule has 2 aliphatic rings. The number of hydrogen-bond acceptors (Lipinski definition) is 14. The molecule has 0 aliphatic carbocycles. The predicted octanol–water partition coefficient (Wildman–Crippen LogP) is 5.09. The third-order valence-electron chi connectivity index (χ3n) is 9.09. The Morgan fingerprint density at radius 3 is 2.31 bits per heavy atom.